The van der Waals surface area contributed by atoms with Crippen molar-refractivity contribution in [3.05, 3.63) is 88.0 Å². The van der Waals surface area contributed by atoms with Crippen molar-refractivity contribution in [2.24, 2.45) is 5.73 Å². The highest BCUT2D eigenvalue weighted by molar-refractivity contribution is 5.97. The van der Waals surface area contributed by atoms with E-state index in [1.807, 2.05) is 38.1 Å². The average molecular weight is 385 g/mol. The molecule has 29 heavy (non-hydrogen) atoms. The molecule has 0 atom stereocenters. The van der Waals surface area contributed by atoms with Gasteiger partial charge in [-0.1, -0.05) is 6.07 Å². The van der Waals surface area contributed by atoms with Crippen molar-refractivity contribution in [3.8, 4) is 22.6 Å². The molecule has 0 aliphatic rings. The molecule has 4 rings (SSSR count). The van der Waals surface area contributed by atoms with E-state index in [4.69, 9.17) is 5.73 Å². The summed E-state index contributed by atoms with van der Waals surface area (Å²) in [6, 6.07) is 12.6. The minimum Gasteiger partial charge on any atom is -0.508 e. The highest BCUT2D eigenvalue weighted by Crippen LogP contribution is 2.29. The SMILES string of the molecule is Cc1c(O)ccc(-n2cc(C(N)=O)c(=O)c3ccc(-c4ccncc4)cc32)c1C. The molecule has 0 spiro atoms. The first-order valence-corrected chi connectivity index (χ1v) is 9.07. The first kappa shape index (κ1) is 18.4. The van der Waals surface area contributed by atoms with E-state index in [1.54, 1.807) is 35.2 Å². The zero-order chi connectivity index (χ0) is 20.7. The quantitative estimate of drug-likeness (QED) is 0.564. The highest BCUT2D eigenvalue weighted by atomic mass is 16.3. The minimum atomic E-state index is -0.781. The molecule has 0 unspecified atom stereocenters. The molecule has 0 bridgehead atoms. The molecule has 0 saturated heterocycles. The van der Waals surface area contributed by atoms with Crippen LogP contribution in [0.25, 0.3) is 27.7 Å². The number of amides is 1. The van der Waals surface area contributed by atoms with Gasteiger partial charge in [-0.2, -0.15) is 0 Å². The lowest BCUT2D eigenvalue weighted by Crippen LogP contribution is -2.24. The molecular weight excluding hydrogens is 366 g/mol. The van der Waals surface area contributed by atoms with Crippen LogP contribution in [0.3, 0.4) is 0 Å². The van der Waals surface area contributed by atoms with Gasteiger partial charge in [-0.05, 0) is 72.5 Å². The van der Waals surface area contributed by atoms with Crippen LogP contribution in [0.2, 0.25) is 0 Å². The van der Waals surface area contributed by atoms with Crippen LogP contribution in [0.4, 0.5) is 0 Å². The number of fused-ring (bicyclic) bond motifs is 1. The van der Waals surface area contributed by atoms with Crippen molar-refractivity contribution >= 4 is 16.8 Å². The molecule has 6 heteroatoms. The monoisotopic (exact) mass is 385 g/mol. The number of aromatic hydroxyl groups is 1. The van der Waals surface area contributed by atoms with E-state index in [0.29, 0.717) is 10.9 Å². The smallest absolute Gasteiger partial charge is 0.254 e. The number of primary amides is 1. The molecule has 6 nitrogen and oxygen atoms in total. The van der Waals surface area contributed by atoms with Crippen LogP contribution < -0.4 is 11.2 Å². The average Bonchev–Trinajstić information content (AvgIpc) is 2.73. The predicted octanol–water partition coefficient (Wildman–Crippen LogP) is 3.47. The van der Waals surface area contributed by atoms with Crippen LogP contribution in [0, 0.1) is 13.8 Å². The number of benzene rings is 2. The Morgan fingerprint density at radius 2 is 1.72 bits per heavy atom. The van der Waals surface area contributed by atoms with Gasteiger partial charge in [-0.3, -0.25) is 14.6 Å². The van der Waals surface area contributed by atoms with Gasteiger partial charge in [0.25, 0.3) is 5.91 Å². The Balaban J connectivity index is 2.11. The molecule has 0 aliphatic carbocycles. The number of phenolic OH excluding ortho intramolecular Hbond substituents is 1. The van der Waals surface area contributed by atoms with Gasteiger partial charge in [0, 0.05) is 29.7 Å². The fraction of sp³-hybridized carbons (Fsp3) is 0.0870. The Bertz CT molecular complexity index is 1330. The molecule has 0 radical (unpaired) electrons. The largest absolute Gasteiger partial charge is 0.508 e. The van der Waals surface area contributed by atoms with E-state index >= 15 is 0 Å². The Morgan fingerprint density at radius 3 is 2.41 bits per heavy atom. The van der Waals surface area contributed by atoms with E-state index in [-0.39, 0.29) is 11.3 Å². The Hall–Kier alpha value is -3.93. The summed E-state index contributed by atoms with van der Waals surface area (Å²) in [6.07, 6.45) is 4.88. The molecule has 0 saturated carbocycles. The van der Waals surface area contributed by atoms with E-state index in [2.05, 4.69) is 4.98 Å². The maximum atomic E-state index is 12.8. The van der Waals surface area contributed by atoms with E-state index in [1.165, 1.54) is 6.20 Å². The summed E-state index contributed by atoms with van der Waals surface area (Å²) < 4.78 is 1.78. The molecular formula is C23H19N3O3. The molecule has 2 aromatic carbocycles. The zero-order valence-corrected chi connectivity index (χ0v) is 16.0. The summed E-state index contributed by atoms with van der Waals surface area (Å²) in [5.74, 6) is -0.596. The molecule has 0 aliphatic heterocycles. The van der Waals surface area contributed by atoms with Gasteiger partial charge >= 0.3 is 0 Å². The van der Waals surface area contributed by atoms with Crippen LogP contribution in [0.15, 0.2) is 65.8 Å². The van der Waals surface area contributed by atoms with Gasteiger partial charge in [0.2, 0.25) is 5.43 Å². The second kappa shape index (κ2) is 6.91. The van der Waals surface area contributed by atoms with Crippen molar-refractivity contribution < 1.29 is 9.90 Å². The molecule has 1 amide bonds. The lowest BCUT2D eigenvalue weighted by molar-refractivity contribution is 0.0999. The number of carbonyl (C=O) groups excluding carboxylic acids is 1. The van der Waals surface area contributed by atoms with Gasteiger partial charge in [-0.25, -0.2) is 0 Å². The first-order chi connectivity index (χ1) is 13.9. The summed E-state index contributed by atoms with van der Waals surface area (Å²) in [5.41, 5.74) is 9.79. The van der Waals surface area contributed by atoms with Gasteiger partial charge < -0.3 is 15.4 Å². The maximum absolute atomic E-state index is 12.8. The zero-order valence-electron chi connectivity index (χ0n) is 16.0. The third kappa shape index (κ3) is 3.04. The molecule has 144 valence electrons. The normalized spacial score (nSPS) is 11.0. The summed E-state index contributed by atoms with van der Waals surface area (Å²) in [4.78, 5) is 28.8. The number of carbonyl (C=O) groups is 1. The third-order valence-electron chi connectivity index (χ3n) is 5.27. The highest BCUT2D eigenvalue weighted by Gasteiger charge is 2.17. The number of rotatable bonds is 3. The molecule has 0 fully saturated rings. The Morgan fingerprint density at radius 1 is 1.00 bits per heavy atom. The second-order valence-corrected chi connectivity index (χ2v) is 6.93. The van der Waals surface area contributed by atoms with Crippen molar-refractivity contribution in [1.29, 1.82) is 0 Å². The molecule has 2 aromatic heterocycles. The summed E-state index contributed by atoms with van der Waals surface area (Å²) in [5, 5.41) is 10.4. The van der Waals surface area contributed by atoms with Crippen LogP contribution in [0.1, 0.15) is 21.5 Å². The van der Waals surface area contributed by atoms with Crippen LogP contribution >= 0.6 is 0 Å². The number of nitrogens with two attached hydrogens (primary N) is 1. The Kier molecular flexibility index (Phi) is 4.39. The van der Waals surface area contributed by atoms with Crippen molar-refractivity contribution in [3.63, 3.8) is 0 Å². The van der Waals surface area contributed by atoms with E-state index in [9.17, 15) is 14.7 Å². The van der Waals surface area contributed by atoms with Crippen LogP contribution in [-0.2, 0) is 0 Å². The fourth-order valence-electron chi connectivity index (χ4n) is 3.48. The maximum Gasteiger partial charge on any atom is 0.254 e. The van der Waals surface area contributed by atoms with Crippen molar-refractivity contribution in [1.82, 2.24) is 9.55 Å². The van der Waals surface area contributed by atoms with Gasteiger partial charge in [-0.15, -0.1) is 0 Å². The lowest BCUT2D eigenvalue weighted by Gasteiger charge is -2.17. The molecule has 4 aromatic rings. The summed E-state index contributed by atoms with van der Waals surface area (Å²) >= 11 is 0. The summed E-state index contributed by atoms with van der Waals surface area (Å²) in [6.45, 7) is 3.70. The van der Waals surface area contributed by atoms with Gasteiger partial charge in [0.1, 0.15) is 11.3 Å². The van der Waals surface area contributed by atoms with Crippen LogP contribution in [0.5, 0.6) is 5.75 Å². The number of aromatic nitrogens is 2. The van der Waals surface area contributed by atoms with E-state index < -0.39 is 11.3 Å². The number of hydrogen-bond donors (Lipinski definition) is 2. The third-order valence-corrected chi connectivity index (χ3v) is 5.27. The standard InChI is InChI=1S/C23H19N3O3/c1-13-14(2)21(27)6-5-19(13)26-12-18(23(24)29)22(28)17-4-3-16(11-20(17)26)15-7-9-25-10-8-15/h3-12,27H,1-2H3,(H2,24,29). The summed E-state index contributed by atoms with van der Waals surface area (Å²) in [7, 11) is 0. The second-order valence-electron chi connectivity index (χ2n) is 6.93. The Labute approximate surface area is 166 Å². The van der Waals surface area contributed by atoms with E-state index in [0.717, 1.165) is 27.9 Å². The number of hydrogen-bond acceptors (Lipinski definition) is 4. The van der Waals surface area contributed by atoms with Crippen LogP contribution in [-0.4, -0.2) is 20.6 Å². The van der Waals surface area contributed by atoms with Crippen molar-refractivity contribution in [2.45, 2.75) is 13.8 Å². The topological polar surface area (TPSA) is 98.2 Å². The number of phenols is 1. The first-order valence-electron chi connectivity index (χ1n) is 9.07. The van der Waals surface area contributed by atoms with Crippen molar-refractivity contribution in [2.75, 3.05) is 0 Å². The van der Waals surface area contributed by atoms with Gasteiger partial charge in [0.05, 0.1) is 5.52 Å². The number of nitrogens with zero attached hydrogens (tertiary/aromatic N) is 2. The number of pyridine rings is 2. The molecule has 3 N–H and O–H groups in total. The predicted molar refractivity (Wildman–Crippen MR) is 112 cm³/mol. The minimum absolute atomic E-state index is 0.0840. The van der Waals surface area contributed by atoms with Gasteiger partial charge in [0.15, 0.2) is 0 Å². The fourth-order valence-corrected chi connectivity index (χ4v) is 3.48. The lowest BCUT2D eigenvalue weighted by atomic mass is 10.0. The molecule has 2 heterocycles.